The van der Waals surface area contributed by atoms with Gasteiger partial charge in [0.1, 0.15) is 0 Å². The molecule has 0 spiro atoms. The number of benzene rings is 1. The van der Waals surface area contributed by atoms with Crippen LogP contribution in [0.4, 0.5) is 0 Å². The summed E-state index contributed by atoms with van der Waals surface area (Å²) in [5.74, 6) is -0.966. The van der Waals surface area contributed by atoms with E-state index in [0.29, 0.717) is 0 Å². The number of hydrogen-bond donors (Lipinski definition) is 1. The third-order valence-corrected chi connectivity index (χ3v) is 3.21. The van der Waals surface area contributed by atoms with Crippen LogP contribution in [0.5, 0.6) is 0 Å². The van der Waals surface area contributed by atoms with Crippen LogP contribution >= 0.6 is 47.8 Å². The van der Waals surface area contributed by atoms with E-state index >= 15 is 0 Å². The Morgan fingerprint density at radius 3 is 2.14 bits per heavy atom. The van der Waals surface area contributed by atoms with Crippen molar-refractivity contribution < 1.29 is 9.90 Å². The minimum Gasteiger partial charge on any atom is -0.478 e. The van der Waals surface area contributed by atoms with Gasteiger partial charge in [-0.1, -0.05) is 47.8 Å². The zero-order chi connectivity index (χ0) is 10.7. The van der Waals surface area contributed by atoms with E-state index in [4.69, 9.17) is 5.11 Å². The van der Waals surface area contributed by atoms with Crippen LogP contribution in [-0.2, 0) is 4.79 Å². The summed E-state index contributed by atoms with van der Waals surface area (Å²) in [6.07, 6.45) is 2.63. The van der Waals surface area contributed by atoms with Gasteiger partial charge in [0.15, 0.2) is 0 Å². The smallest absolute Gasteiger partial charge is 0.328 e. The first-order valence-electron chi connectivity index (χ1n) is 3.56. The maximum absolute atomic E-state index is 10.3. The van der Waals surface area contributed by atoms with Crippen LogP contribution in [-0.4, -0.2) is 11.1 Å². The second kappa shape index (κ2) is 5.09. The van der Waals surface area contributed by atoms with Gasteiger partial charge < -0.3 is 5.11 Å². The van der Waals surface area contributed by atoms with E-state index in [1.54, 1.807) is 0 Å². The quantitative estimate of drug-likeness (QED) is 0.780. The van der Waals surface area contributed by atoms with Crippen LogP contribution in [0, 0.1) is 0 Å². The highest BCUT2D eigenvalue weighted by Crippen LogP contribution is 2.30. The highest BCUT2D eigenvalue weighted by atomic mass is 79.9. The van der Waals surface area contributed by atoms with Crippen molar-refractivity contribution in [1.29, 1.82) is 0 Å². The van der Waals surface area contributed by atoms with E-state index in [1.165, 1.54) is 6.08 Å². The van der Waals surface area contributed by atoms with Crippen LogP contribution in [0.1, 0.15) is 5.56 Å². The van der Waals surface area contributed by atoms with E-state index in [9.17, 15) is 4.79 Å². The zero-order valence-electron chi connectivity index (χ0n) is 6.80. The Balaban J connectivity index is 3.15. The van der Waals surface area contributed by atoms with Crippen LogP contribution in [0.3, 0.4) is 0 Å². The topological polar surface area (TPSA) is 37.3 Å². The molecule has 0 aliphatic carbocycles. The molecule has 2 nitrogen and oxygen atoms in total. The highest BCUT2D eigenvalue weighted by molar-refractivity contribution is 9.11. The first-order chi connectivity index (χ1) is 6.50. The van der Waals surface area contributed by atoms with Crippen LogP contribution in [0.25, 0.3) is 6.08 Å². The molecule has 5 heteroatoms. The van der Waals surface area contributed by atoms with Crippen molar-refractivity contribution in [2.75, 3.05) is 0 Å². The van der Waals surface area contributed by atoms with E-state index in [0.717, 1.165) is 25.1 Å². The van der Waals surface area contributed by atoms with E-state index in [-0.39, 0.29) is 0 Å². The van der Waals surface area contributed by atoms with Crippen LogP contribution in [0.2, 0.25) is 0 Å². The fraction of sp³-hybridized carbons (Fsp3) is 0. The summed E-state index contributed by atoms with van der Waals surface area (Å²) >= 11 is 10.0. The first-order valence-corrected chi connectivity index (χ1v) is 5.94. The number of carboxylic acids is 1. The molecule has 14 heavy (non-hydrogen) atoms. The molecule has 0 bridgehead atoms. The average molecular weight is 385 g/mol. The Hall–Kier alpha value is -0.130. The Bertz CT molecular complexity index is 376. The lowest BCUT2D eigenvalue weighted by molar-refractivity contribution is -0.131. The van der Waals surface area contributed by atoms with E-state index in [1.807, 2.05) is 12.1 Å². The summed E-state index contributed by atoms with van der Waals surface area (Å²) in [7, 11) is 0. The van der Waals surface area contributed by atoms with Crippen molar-refractivity contribution in [3.8, 4) is 0 Å². The fourth-order valence-corrected chi connectivity index (χ4v) is 3.39. The van der Waals surface area contributed by atoms with Gasteiger partial charge in [-0.3, -0.25) is 0 Å². The third-order valence-electron chi connectivity index (χ3n) is 1.44. The molecule has 0 aliphatic heterocycles. The van der Waals surface area contributed by atoms with Gasteiger partial charge in [0.25, 0.3) is 0 Å². The van der Waals surface area contributed by atoms with Crippen LogP contribution in [0.15, 0.2) is 31.6 Å². The lowest BCUT2D eigenvalue weighted by Crippen LogP contribution is -1.87. The lowest BCUT2D eigenvalue weighted by Gasteiger charge is -2.02. The van der Waals surface area contributed by atoms with Crippen molar-refractivity contribution in [3.05, 3.63) is 37.2 Å². The third kappa shape index (κ3) is 3.22. The summed E-state index contributed by atoms with van der Waals surface area (Å²) in [6.45, 7) is 0. The number of rotatable bonds is 2. The predicted octanol–water partition coefficient (Wildman–Crippen LogP) is 4.07. The summed E-state index contributed by atoms with van der Waals surface area (Å²) < 4.78 is 2.58. The molecule has 0 radical (unpaired) electrons. The van der Waals surface area contributed by atoms with Crippen molar-refractivity contribution in [2.45, 2.75) is 0 Å². The minimum absolute atomic E-state index is 0.801. The Kier molecular flexibility index (Phi) is 4.34. The van der Waals surface area contributed by atoms with Gasteiger partial charge in [-0.2, -0.15) is 0 Å². The average Bonchev–Trinajstić information content (AvgIpc) is 2.01. The van der Waals surface area contributed by atoms with Gasteiger partial charge in [0, 0.05) is 25.1 Å². The molecular formula is C9H5Br3O2. The molecule has 74 valence electrons. The molecule has 0 atom stereocenters. The van der Waals surface area contributed by atoms with Gasteiger partial charge in [-0.05, 0) is 18.2 Å². The zero-order valence-corrected chi connectivity index (χ0v) is 11.6. The van der Waals surface area contributed by atoms with Gasteiger partial charge in [0.05, 0.1) is 0 Å². The molecule has 0 amide bonds. The van der Waals surface area contributed by atoms with Crippen molar-refractivity contribution in [2.24, 2.45) is 0 Å². The van der Waals surface area contributed by atoms with Crippen LogP contribution < -0.4 is 0 Å². The predicted molar refractivity (Wildman–Crippen MR) is 66.2 cm³/mol. The summed E-state index contributed by atoms with van der Waals surface area (Å²) in [6, 6.07) is 3.71. The number of carboxylic acid groups (broad SMARTS) is 1. The SMILES string of the molecule is O=C(O)/C=C/c1c(Br)cc(Br)cc1Br. The molecule has 0 saturated carbocycles. The molecule has 0 saturated heterocycles. The van der Waals surface area contributed by atoms with Gasteiger partial charge >= 0.3 is 5.97 Å². The summed E-state index contributed by atoms with van der Waals surface area (Å²) in [4.78, 5) is 10.3. The largest absolute Gasteiger partial charge is 0.478 e. The number of halogens is 3. The molecule has 0 heterocycles. The molecular weight excluding hydrogens is 380 g/mol. The van der Waals surface area contributed by atoms with Gasteiger partial charge in [0.2, 0.25) is 0 Å². The molecule has 0 unspecified atom stereocenters. The molecule has 1 N–H and O–H groups in total. The fourth-order valence-electron chi connectivity index (χ4n) is 0.867. The Morgan fingerprint density at radius 1 is 1.21 bits per heavy atom. The Labute approximate surface area is 106 Å². The molecule has 1 aromatic carbocycles. The second-order valence-electron chi connectivity index (χ2n) is 2.45. The number of aliphatic carboxylic acids is 1. The monoisotopic (exact) mass is 382 g/mol. The first kappa shape index (κ1) is 11.9. The van der Waals surface area contributed by atoms with E-state index < -0.39 is 5.97 Å². The summed E-state index contributed by atoms with van der Waals surface area (Å²) in [5, 5.41) is 8.48. The minimum atomic E-state index is -0.966. The molecule has 0 aliphatic rings. The van der Waals surface area contributed by atoms with Gasteiger partial charge in [-0.25, -0.2) is 4.79 Å². The maximum Gasteiger partial charge on any atom is 0.328 e. The van der Waals surface area contributed by atoms with E-state index in [2.05, 4.69) is 47.8 Å². The summed E-state index contributed by atoms with van der Waals surface area (Å²) in [5.41, 5.74) is 0.801. The van der Waals surface area contributed by atoms with Crippen molar-refractivity contribution >= 4 is 59.8 Å². The Morgan fingerprint density at radius 2 is 1.71 bits per heavy atom. The number of carbonyl (C=O) groups is 1. The number of hydrogen-bond acceptors (Lipinski definition) is 1. The maximum atomic E-state index is 10.3. The molecule has 1 rings (SSSR count). The van der Waals surface area contributed by atoms with Gasteiger partial charge in [-0.15, -0.1) is 0 Å². The lowest BCUT2D eigenvalue weighted by atomic mass is 10.2. The van der Waals surface area contributed by atoms with Crippen molar-refractivity contribution in [3.63, 3.8) is 0 Å². The standard InChI is InChI=1S/C9H5Br3O2/c10-5-3-7(11)6(8(12)4-5)1-2-9(13)14/h1-4H,(H,13,14)/b2-1+. The molecule has 1 aromatic rings. The highest BCUT2D eigenvalue weighted by Gasteiger charge is 2.03. The molecule has 0 aromatic heterocycles. The molecule has 0 fully saturated rings. The van der Waals surface area contributed by atoms with Crippen molar-refractivity contribution in [1.82, 2.24) is 0 Å². The second-order valence-corrected chi connectivity index (χ2v) is 5.08. The normalized spacial score (nSPS) is 10.8.